The molecule has 3 heterocycles. The Labute approximate surface area is 243 Å². The monoisotopic (exact) mass is 601 g/mol. The highest BCUT2D eigenvalue weighted by molar-refractivity contribution is 6.74. The summed E-state index contributed by atoms with van der Waals surface area (Å²) >= 11 is 0. The van der Waals surface area contributed by atoms with E-state index in [-0.39, 0.29) is 24.7 Å². The van der Waals surface area contributed by atoms with Crippen LogP contribution in [0.3, 0.4) is 0 Å². The number of carbonyl (C=O) groups is 4. The number of imide groups is 1. The summed E-state index contributed by atoms with van der Waals surface area (Å²) in [6.45, 7) is 13.7. The van der Waals surface area contributed by atoms with Gasteiger partial charge in [0.15, 0.2) is 14.4 Å². The van der Waals surface area contributed by atoms with Gasteiger partial charge in [0.1, 0.15) is 31.0 Å². The van der Waals surface area contributed by atoms with Crippen LogP contribution >= 0.6 is 0 Å². The molecule has 2 unspecified atom stereocenters. The number of methoxy groups -OCH3 is 1. The molecule has 3 rings (SSSR count). The highest BCUT2D eigenvalue weighted by atomic mass is 28.4. The van der Waals surface area contributed by atoms with Gasteiger partial charge in [-0.2, -0.15) is 0 Å². The minimum atomic E-state index is -2.44. The summed E-state index contributed by atoms with van der Waals surface area (Å²) in [4.78, 5) is 52.1. The Hall–Kier alpha value is -2.22. The Balaban J connectivity index is 1.97. The van der Waals surface area contributed by atoms with Gasteiger partial charge in [0, 0.05) is 6.92 Å². The van der Waals surface area contributed by atoms with Gasteiger partial charge in [-0.05, 0) is 24.6 Å². The average molecular weight is 602 g/mol. The van der Waals surface area contributed by atoms with Crippen LogP contribution in [0.2, 0.25) is 18.1 Å². The molecule has 3 aliphatic heterocycles. The van der Waals surface area contributed by atoms with Crippen LogP contribution in [0.15, 0.2) is 0 Å². The third kappa shape index (κ3) is 7.41. The summed E-state index contributed by atoms with van der Waals surface area (Å²) in [7, 11) is -1.23. The number of rotatable bonds is 12. The standard InChI is InChI=1S/C28H47NO11Si/c1-9-10-11-12-13-14-15-36-28(24(31)34-6)16-19-21(29(18(2)30)25(32)37-19)23(39-28)22-20(17-35-26(33)38-22)40-41(7,8)27(3,4)5/h19-23H,9-17H2,1-8H3/t19-,20?,21+,22?,23+,28+/m0/s1. The first-order chi connectivity index (χ1) is 19.2. The molecule has 234 valence electrons. The molecule has 12 nitrogen and oxygen atoms in total. The molecule has 13 heteroatoms. The number of nitrogens with zero attached hydrogens (tertiary/aromatic N) is 1. The summed E-state index contributed by atoms with van der Waals surface area (Å²) < 4.78 is 40.7. The average Bonchev–Trinajstić information content (AvgIpc) is 3.23. The lowest BCUT2D eigenvalue weighted by Crippen LogP contribution is -2.68. The second-order valence-corrected chi connectivity index (χ2v) is 17.3. The largest absolute Gasteiger partial charge is 0.508 e. The Bertz CT molecular complexity index is 967. The molecular formula is C28H47NO11Si. The first-order valence-electron chi connectivity index (χ1n) is 14.6. The van der Waals surface area contributed by atoms with E-state index < -0.39 is 68.7 Å². The predicted octanol–water partition coefficient (Wildman–Crippen LogP) is 4.68. The molecule has 3 aliphatic rings. The molecule has 0 N–H and O–H groups in total. The fourth-order valence-corrected chi connectivity index (χ4v) is 6.54. The Kier molecular flexibility index (Phi) is 10.9. The summed E-state index contributed by atoms with van der Waals surface area (Å²) in [6, 6.07) is -1.00. The number of carbonyl (C=O) groups excluding carboxylic acids is 4. The highest BCUT2D eigenvalue weighted by Crippen LogP contribution is 2.44. The zero-order valence-electron chi connectivity index (χ0n) is 25.7. The van der Waals surface area contributed by atoms with Gasteiger partial charge in [-0.3, -0.25) is 4.79 Å². The zero-order valence-corrected chi connectivity index (χ0v) is 26.7. The van der Waals surface area contributed by atoms with Crippen LogP contribution in [0.5, 0.6) is 0 Å². The molecular weight excluding hydrogens is 554 g/mol. The van der Waals surface area contributed by atoms with Crippen LogP contribution in [0.25, 0.3) is 0 Å². The number of hydrogen-bond acceptors (Lipinski definition) is 11. The highest BCUT2D eigenvalue weighted by Gasteiger charge is 2.64. The second-order valence-electron chi connectivity index (χ2n) is 12.5. The van der Waals surface area contributed by atoms with Crippen molar-refractivity contribution in [3.05, 3.63) is 0 Å². The molecule has 0 aromatic rings. The van der Waals surface area contributed by atoms with Crippen molar-refractivity contribution in [1.29, 1.82) is 0 Å². The predicted molar refractivity (Wildman–Crippen MR) is 148 cm³/mol. The van der Waals surface area contributed by atoms with Crippen molar-refractivity contribution in [2.45, 2.75) is 134 Å². The summed E-state index contributed by atoms with van der Waals surface area (Å²) in [5.41, 5.74) is 0. The molecule has 6 atom stereocenters. The smallest absolute Gasteiger partial charge is 0.465 e. The van der Waals surface area contributed by atoms with E-state index in [1.165, 1.54) is 14.0 Å². The van der Waals surface area contributed by atoms with Gasteiger partial charge in [0.25, 0.3) is 5.79 Å². The van der Waals surface area contributed by atoms with E-state index >= 15 is 0 Å². The van der Waals surface area contributed by atoms with Gasteiger partial charge in [-0.25, -0.2) is 19.3 Å². The van der Waals surface area contributed by atoms with Crippen LogP contribution < -0.4 is 0 Å². The van der Waals surface area contributed by atoms with E-state index in [1.807, 2.05) is 13.1 Å². The summed E-state index contributed by atoms with van der Waals surface area (Å²) in [5, 5.41) is -0.192. The van der Waals surface area contributed by atoms with Crippen molar-refractivity contribution in [3.8, 4) is 0 Å². The van der Waals surface area contributed by atoms with E-state index in [2.05, 4.69) is 27.7 Å². The molecule has 2 amide bonds. The van der Waals surface area contributed by atoms with Gasteiger partial charge in [0.05, 0.1) is 20.1 Å². The molecule has 3 fully saturated rings. The van der Waals surface area contributed by atoms with E-state index in [9.17, 15) is 19.2 Å². The van der Waals surface area contributed by atoms with Crippen LogP contribution in [0.1, 0.15) is 79.6 Å². The van der Waals surface area contributed by atoms with E-state index in [4.69, 9.17) is 32.8 Å². The molecule has 0 spiro atoms. The SMILES string of the molecule is CCCCCCCCO[C@]1(C(=O)OC)C[C@@H]2OC(=O)N(C(C)=O)[C@H]2[C@H](C2OC(=O)OCC2O[Si](C)(C)C(C)(C)C)O1. The van der Waals surface area contributed by atoms with Crippen molar-refractivity contribution in [2.75, 3.05) is 20.3 Å². The molecule has 0 aromatic carbocycles. The van der Waals surface area contributed by atoms with E-state index in [0.717, 1.165) is 37.0 Å². The quantitative estimate of drug-likeness (QED) is 0.133. The van der Waals surface area contributed by atoms with Crippen LogP contribution in [0.4, 0.5) is 9.59 Å². The molecule has 0 radical (unpaired) electrons. The Morgan fingerprint density at radius 2 is 1.71 bits per heavy atom. The number of hydrogen-bond donors (Lipinski definition) is 0. The minimum absolute atomic E-state index is 0.133. The third-order valence-corrected chi connectivity index (χ3v) is 13.0. The van der Waals surface area contributed by atoms with Crippen molar-refractivity contribution < 1.29 is 52.0 Å². The van der Waals surface area contributed by atoms with Gasteiger partial charge in [-0.1, -0.05) is 59.8 Å². The number of fused-ring (bicyclic) bond motifs is 1. The van der Waals surface area contributed by atoms with Gasteiger partial charge in [-0.15, -0.1) is 0 Å². The Morgan fingerprint density at radius 1 is 1.05 bits per heavy atom. The fraction of sp³-hybridized carbons (Fsp3) is 0.857. The van der Waals surface area contributed by atoms with E-state index in [0.29, 0.717) is 6.42 Å². The number of ether oxygens (including phenoxy) is 6. The lowest BCUT2D eigenvalue weighted by molar-refractivity contribution is -0.313. The topological polar surface area (TPSA) is 136 Å². The maximum absolute atomic E-state index is 13.3. The van der Waals surface area contributed by atoms with Crippen molar-refractivity contribution in [3.63, 3.8) is 0 Å². The zero-order chi connectivity index (χ0) is 30.6. The molecule has 3 saturated heterocycles. The maximum Gasteiger partial charge on any atom is 0.508 e. The van der Waals surface area contributed by atoms with Crippen molar-refractivity contribution in [2.24, 2.45) is 0 Å². The van der Waals surface area contributed by atoms with Crippen LogP contribution in [-0.2, 0) is 42.4 Å². The van der Waals surface area contributed by atoms with Crippen molar-refractivity contribution in [1.82, 2.24) is 4.90 Å². The lowest BCUT2D eigenvalue weighted by atomic mass is 9.88. The van der Waals surface area contributed by atoms with Gasteiger partial charge < -0.3 is 32.8 Å². The molecule has 0 bridgehead atoms. The maximum atomic E-state index is 13.3. The van der Waals surface area contributed by atoms with Gasteiger partial charge >= 0.3 is 18.2 Å². The van der Waals surface area contributed by atoms with E-state index in [1.54, 1.807) is 0 Å². The Morgan fingerprint density at radius 3 is 2.32 bits per heavy atom. The second kappa shape index (κ2) is 13.4. The number of unbranched alkanes of at least 4 members (excludes halogenated alkanes) is 5. The van der Waals surface area contributed by atoms with Crippen LogP contribution in [-0.4, -0.2) is 93.9 Å². The third-order valence-electron chi connectivity index (χ3n) is 8.47. The minimum Gasteiger partial charge on any atom is -0.465 e. The summed E-state index contributed by atoms with van der Waals surface area (Å²) in [5.74, 6) is -3.34. The number of amides is 2. The van der Waals surface area contributed by atoms with Crippen LogP contribution in [0, 0.1) is 0 Å². The molecule has 0 aromatic heterocycles. The first kappa shape index (κ1) is 33.3. The van der Waals surface area contributed by atoms with Gasteiger partial charge in [0.2, 0.25) is 5.91 Å². The molecule has 0 saturated carbocycles. The molecule has 0 aliphatic carbocycles. The lowest BCUT2D eigenvalue weighted by Gasteiger charge is -2.49. The van der Waals surface area contributed by atoms with Crippen molar-refractivity contribution >= 4 is 32.4 Å². The number of cyclic esters (lactones) is 2. The normalized spacial score (nSPS) is 30.2. The molecule has 41 heavy (non-hydrogen) atoms. The summed E-state index contributed by atoms with van der Waals surface area (Å²) in [6.07, 6.45) is -0.178. The first-order valence-corrected chi connectivity index (χ1v) is 17.5. The fourth-order valence-electron chi connectivity index (χ4n) is 5.23. The number of esters is 1.